The lowest BCUT2D eigenvalue weighted by atomic mass is 9.74. The zero-order valence-corrected chi connectivity index (χ0v) is 12.1. The van der Waals surface area contributed by atoms with Crippen LogP contribution < -0.4 is 5.32 Å². The highest BCUT2D eigenvalue weighted by molar-refractivity contribution is 7.91. The SMILES string of the molecule is O=C(O)CC1(NC(=O)N2CCCS(=O)(=O)CC2)CCC1. The molecular formula is C12H20N2O5S. The smallest absolute Gasteiger partial charge is 0.317 e. The van der Waals surface area contributed by atoms with Crippen molar-refractivity contribution in [1.82, 2.24) is 10.2 Å². The first-order valence-electron chi connectivity index (χ1n) is 6.81. The second kappa shape index (κ2) is 5.59. The van der Waals surface area contributed by atoms with E-state index in [1.807, 2.05) is 0 Å². The van der Waals surface area contributed by atoms with Gasteiger partial charge in [-0.25, -0.2) is 13.2 Å². The highest BCUT2D eigenvalue weighted by Crippen LogP contribution is 2.35. The predicted octanol–water partition coefficient (Wildman–Crippen LogP) is 0.214. The Morgan fingerprint density at radius 2 is 1.85 bits per heavy atom. The minimum absolute atomic E-state index is 0.0215. The second-order valence-corrected chi connectivity index (χ2v) is 7.93. The van der Waals surface area contributed by atoms with Gasteiger partial charge in [-0.1, -0.05) is 0 Å². The van der Waals surface area contributed by atoms with Crippen LogP contribution in [-0.4, -0.2) is 60.6 Å². The maximum Gasteiger partial charge on any atom is 0.317 e. The predicted molar refractivity (Wildman–Crippen MR) is 72.2 cm³/mol. The summed E-state index contributed by atoms with van der Waals surface area (Å²) in [5, 5.41) is 11.7. The molecule has 2 amide bonds. The van der Waals surface area contributed by atoms with Crippen molar-refractivity contribution >= 4 is 21.8 Å². The number of carboxylic acid groups (broad SMARTS) is 1. The van der Waals surface area contributed by atoms with Crippen molar-refractivity contribution in [3.05, 3.63) is 0 Å². The first-order valence-corrected chi connectivity index (χ1v) is 8.63. The van der Waals surface area contributed by atoms with Crippen LogP contribution in [0.5, 0.6) is 0 Å². The first kappa shape index (κ1) is 15.1. The molecule has 2 rings (SSSR count). The third kappa shape index (κ3) is 3.62. The van der Waals surface area contributed by atoms with Crippen molar-refractivity contribution in [3.8, 4) is 0 Å². The molecule has 1 saturated carbocycles. The van der Waals surface area contributed by atoms with Gasteiger partial charge in [0.25, 0.3) is 0 Å². The molecule has 8 heteroatoms. The molecule has 1 aliphatic carbocycles. The molecule has 0 radical (unpaired) electrons. The number of nitrogens with zero attached hydrogens (tertiary/aromatic N) is 1. The van der Waals surface area contributed by atoms with Gasteiger partial charge < -0.3 is 15.3 Å². The molecule has 7 nitrogen and oxygen atoms in total. The van der Waals surface area contributed by atoms with Crippen molar-refractivity contribution in [2.75, 3.05) is 24.6 Å². The lowest BCUT2D eigenvalue weighted by Gasteiger charge is -2.42. The van der Waals surface area contributed by atoms with Gasteiger partial charge in [0.05, 0.1) is 23.5 Å². The fourth-order valence-electron chi connectivity index (χ4n) is 2.69. The van der Waals surface area contributed by atoms with E-state index in [4.69, 9.17) is 5.11 Å². The van der Waals surface area contributed by atoms with Crippen LogP contribution >= 0.6 is 0 Å². The van der Waals surface area contributed by atoms with Gasteiger partial charge in [0.15, 0.2) is 9.84 Å². The van der Waals surface area contributed by atoms with Gasteiger partial charge in [0.1, 0.15) is 0 Å². The van der Waals surface area contributed by atoms with Crippen LogP contribution in [-0.2, 0) is 14.6 Å². The van der Waals surface area contributed by atoms with Crippen LogP contribution in [0.15, 0.2) is 0 Å². The number of amides is 2. The number of rotatable bonds is 3. The maximum atomic E-state index is 12.2. The van der Waals surface area contributed by atoms with Crippen molar-refractivity contribution in [3.63, 3.8) is 0 Å². The van der Waals surface area contributed by atoms with Crippen molar-refractivity contribution < 1.29 is 23.1 Å². The summed E-state index contributed by atoms with van der Waals surface area (Å²) in [6, 6.07) is -0.344. The molecule has 1 aliphatic heterocycles. The van der Waals surface area contributed by atoms with Crippen LogP contribution in [0.3, 0.4) is 0 Å². The first-order chi connectivity index (χ1) is 9.32. The van der Waals surface area contributed by atoms with E-state index in [-0.39, 0.29) is 30.5 Å². The number of carbonyl (C=O) groups excluding carboxylic acids is 1. The zero-order valence-electron chi connectivity index (χ0n) is 11.3. The largest absolute Gasteiger partial charge is 0.481 e. The zero-order chi connectivity index (χ0) is 14.8. The molecular weight excluding hydrogens is 284 g/mol. The minimum Gasteiger partial charge on any atom is -0.481 e. The molecule has 0 aromatic rings. The van der Waals surface area contributed by atoms with Crippen molar-refractivity contribution in [2.45, 2.75) is 37.6 Å². The van der Waals surface area contributed by atoms with Gasteiger partial charge in [-0.2, -0.15) is 0 Å². The minimum atomic E-state index is -3.06. The van der Waals surface area contributed by atoms with Gasteiger partial charge in [-0.05, 0) is 25.7 Å². The normalized spacial score (nSPS) is 24.3. The Labute approximate surface area is 118 Å². The van der Waals surface area contributed by atoms with Gasteiger partial charge in [0.2, 0.25) is 0 Å². The number of carbonyl (C=O) groups is 2. The summed E-state index contributed by atoms with van der Waals surface area (Å²) in [7, 11) is -3.06. The van der Waals surface area contributed by atoms with Gasteiger partial charge in [-0.15, -0.1) is 0 Å². The number of hydrogen-bond acceptors (Lipinski definition) is 4. The Morgan fingerprint density at radius 1 is 1.15 bits per heavy atom. The summed E-state index contributed by atoms with van der Waals surface area (Å²) in [5.41, 5.74) is -0.645. The molecule has 0 aromatic carbocycles. The molecule has 2 N–H and O–H groups in total. The van der Waals surface area contributed by atoms with Crippen molar-refractivity contribution in [1.29, 1.82) is 0 Å². The third-order valence-corrected chi connectivity index (χ3v) is 5.73. The lowest BCUT2D eigenvalue weighted by molar-refractivity contribution is -0.139. The van der Waals surface area contributed by atoms with Gasteiger partial charge in [-0.3, -0.25) is 4.79 Å². The van der Waals surface area contributed by atoms with E-state index in [0.29, 0.717) is 25.8 Å². The Balaban J connectivity index is 1.95. The van der Waals surface area contributed by atoms with E-state index >= 15 is 0 Å². The fraction of sp³-hybridized carbons (Fsp3) is 0.833. The molecule has 0 bridgehead atoms. The molecule has 0 aromatic heterocycles. The standard InChI is InChI=1S/C12H20N2O5S/c15-10(16)9-12(3-1-4-12)13-11(17)14-5-2-7-20(18,19)8-6-14/h1-9H2,(H,13,17)(H,15,16). The number of nitrogens with one attached hydrogen (secondary N) is 1. The van der Waals surface area contributed by atoms with Crippen molar-refractivity contribution in [2.24, 2.45) is 0 Å². The van der Waals surface area contributed by atoms with Gasteiger partial charge in [0, 0.05) is 13.1 Å². The van der Waals surface area contributed by atoms with Crippen LogP contribution in [0.2, 0.25) is 0 Å². The fourth-order valence-corrected chi connectivity index (χ4v) is 3.96. The lowest BCUT2D eigenvalue weighted by Crippen LogP contribution is -2.58. The molecule has 2 fully saturated rings. The summed E-state index contributed by atoms with van der Waals surface area (Å²) >= 11 is 0. The molecule has 20 heavy (non-hydrogen) atoms. The number of carboxylic acids is 1. The monoisotopic (exact) mass is 304 g/mol. The molecule has 1 saturated heterocycles. The topological polar surface area (TPSA) is 104 Å². The average molecular weight is 304 g/mol. The van der Waals surface area contributed by atoms with E-state index in [2.05, 4.69) is 5.32 Å². The number of urea groups is 1. The highest BCUT2D eigenvalue weighted by Gasteiger charge is 2.41. The summed E-state index contributed by atoms with van der Waals surface area (Å²) in [6.45, 7) is 0.575. The summed E-state index contributed by atoms with van der Waals surface area (Å²) < 4.78 is 23.0. The summed E-state index contributed by atoms with van der Waals surface area (Å²) in [4.78, 5) is 24.5. The quantitative estimate of drug-likeness (QED) is 0.776. The van der Waals surface area contributed by atoms with Crippen LogP contribution in [0.4, 0.5) is 4.79 Å². The molecule has 0 spiro atoms. The Morgan fingerprint density at radius 3 is 2.40 bits per heavy atom. The van der Waals surface area contributed by atoms with E-state index in [1.165, 1.54) is 4.90 Å². The Bertz CT molecular complexity index is 498. The maximum absolute atomic E-state index is 12.2. The highest BCUT2D eigenvalue weighted by atomic mass is 32.2. The average Bonchev–Trinajstić information content (AvgIpc) is 2.46. The van der Waals surface area contributed by atoms with Crippen LogP contribution in [0, 0.1) is 0 Å². The second-order valence-electron chi connectivity index (χ2n) is 5.63. The molecule has 1 heterocycles. The van der Waals surface area contributed by atoms with E-state index in [9.17, 15) is 18.0 Å². The van der Waals surface area contributed by atoms with Crippen LogP contribution in [0.25, 0.3) is 0 Å². The molecule has 0 unspecified atom stereocenters. The van der Waals surface area contributed by atoms with Gasteiger partial charge >= 0.3 is 12.0 Å². The third-order valence-electron chi connectivity index (χ3n) is 4.02. The molecule has 114 valence electrons. The van der Waals surface area contributed by atoms with E-state index in [1.54, 1.807) is 0 Å². The van der Waals surface area contributed by atoms with E-state index in [0.717, 1.165) is 6.42 Å². The van der Waals surface area contributed by atoms with Crippen LogP contribution in [0.1, 0.15) is 32.1 Å². The Hall–Kier alpha value is -1.31. The summed E-state index contributed by atoms with van der Waals surface area (Å²) in [6.07, 6.45) is 2.59. The number of aliphatic carboxylic acids is 1. The summed E-state index contributed by atoms with van der Waals surface area (Å²) in [5.74, 6) is -0.841. The number of sulfone groups is 1. The molecule has 0 atom stereocenters. The molecule has 2 aliphatic rings. The van der Waals surface area contributed by atoms with E-state index < -0.39 is 21.3 Å². The Kier molecular flexibility index (Phi) is 4.22. The number of hydrogen-bond donors (Lipinski definition) is 2.